The monoisotopic (exact) mass is 396 g/mol. The van der Waals surface area contributed by atoms with Crippen LogP contribution in [0.5, 0.6) is 11.8 Å². The van der Waals surface area contributed by atoms with E-state index >= 15 is 0 Å². The van der Waals surface area contributed by atoms with Crippen molar-refractivity contribution in [2.24, 2.45) is 0 Å². The van der Waals surface area contributed by atoms with E-state index in [1.807, 2.05) is 6.26 Å². The molecule has 0 bridgehead atoms. The average molecular weight is 397 g/mol. The first kappa shape index (κ1) is 21.3. The Morgan fingerprint density at radius 1 is 1.26 bits per heavy atom. The molecule has 1 aliphatic carbocycles. The van der Waals surface area contributed by atoms with Crippen LogP contribution in [-0.2, 0) is 9.59 Å². The number of carbonyl (C=O) groups is 2. The lowest BCUT2D eigenvalue weighted by molar-refractivity contribution is -0.128. The zero-order chi connectivity index (χ0) is 19.6. The molecule has 27 heavy (non-hydrogen) atoms. The van der Waals surface area contributed by atoms with Crippen LogP contribution in [0.15, 0.2) is 12.4 Å². The van der Waals surface area contributed by atoms with Crippen LogP contribution in [0.2, 0.25) is 0 Å². The van der Waals surface area contributed by atoms with Gasteiger partial charge in [-0.2, -0.15) is 16.7 Å². The van der Waals surface area contributed by atoms with E-state index in [-0.39, 0.29) is 24.0 Å². The van der Waals surface area contributed by atoms with Gasteiger partial charge in [-0.1, -0.05) is 0 Å². The van der Waals surface area contributed by atoms with Crippen LogP contribution in [0.4, 0.5) is 0 Å². The highest BCUT2D eigenvalue weighted by Crippen LogP contribution is 2.23. The summed E-state index contributed by atoms with van der Waals surface area (Å²) in [7, 11) is 1.54. The third kappa shape index (κ3) is 7.24. The fourth-order valence-corrected chi connectivity index (χ4v) is 3.51. The Morgan fingerprint density at radius 3 is 2.59 bits per heavy atom. The van der Waals surface area contributed by atoms with Crippen molar-refractivity contribution < 1.29 is 19.1 Å². The molecule has 150 valence electrons. The highest BCUT2D eigenvalue weighted by Gasteiger charge is 2.27. The van der Waals surface area contributed by atoms with Gasteiger partial charge in [0.2, 0.25) is 23.6 Å². The molecule has 2 N–H and O–H groups in total. The van der Waals surface area contributed by atoms with Gasteiger partial charge >= 0.3 is 0 Å². The fraction of sp³-hybridized carbons (Fsp3) is 0.667. The normalized spacial score (nSPS) is 20.4. The molecule has 0 saturated heterocycles. The fourth-order valence-electron chi connectivity index (χ4n) is 3.03. The van der Waals surface area contributed by atoms with E-state index in [9.17, 15) is 9.59 Å². The van der Waals surface area contributed by atoms with Crippen LogP contribution in [-0.4, -0.2) is 59.1 Å². The van der Waals surface area contributed by atoms with Crippen LogP contribution < -0.4 is 20.1 Å². The minimum atomic E-state index is -0.476. The van der Waals surface area contributed by atoms with E-state index < -0.39 is 6.04 Å². The molecule has 1 heterocycles. The van der Waals surface area contributed by atoms with E-state index in [4.69, 9.17) is 9.47 Å². The number of hydrogen-bond donors (Lipinski definition) is 2. The van der Waals surface area contributed by atoms with Gasteiger partial charge in [0.25, 0.3) is 0 Å². The Bertz CT molecular complexity index is 623. The molecule has 2 amide bonds. The first-order valence-corrected chi connectivity index (χ1v) is 10.5. The number of ether oxygens (including phenoxy) is 2. The Hall–Kier alpha value is -2.03. The molecule has 0 radical (unpaired) electrons. The van der Waals surface area contributed by atoms with Gasteiger partial charge in [0.1, 0.15) is 12.1 Å². The molecular weight excluding hydrogens is 368 g/mol. The summed E-state index contributed by atoms with van der Waals surface area (Å²) in [5.41, 5.74) is 0. The van der Waals surface area contributed by atoms with Crippen molar-refractivity contribution in [1.29, 1.82) is 0 Å². The quantitative estimate of drug-likeness (QED) is 0.653. The first-order valence-electron chi connectivity index (χ1n) is 9.11. The SMILES string of the molecule is COc1cncc(OC2CCC(NC(=O)C(CCSC)NC(C)=O)CC2)n1. The van der Waals surface area contributed by atoms with Crippen LogP contribution in [0, 0.1) is 0 Å². The molecule has 1 atom stereocenters. The topological polar surface area (TPSA) is 102 Å². The van der Waals surface area contributed by atoms with E-state index in [1.165, 1.54) is 20.2 Å². The predicted molar refractivity (Wildman–Crippen MR) is 104 cm³/mol. The van der Waals surface area contributed by atoms with Crippen molar-refractivity contribution in [3.05, 3.63) is 12.4 Å². The minimum absolute atomic E-state index is 0.0437. The Kier molecular flexibility index (Phi) is 8.63. The molecule has 0 aromatic carbocycles. The van der Waals surface area contributed by atoms with Gasteiger partial charge in [-0.15, -0.1) is 0 Å². The lowest BCUT2D eigenvalue weighted by Gasteiger charge is -2.30. The van der Waals surface area contributed by atoms with Gasteiger partial charge in [0, 0.05) is 13.0 Å². The van der Waals surface area contributed by atoms with E-state index in [2.05, 4.69) is 20.6 Å². The van der Waals surface area contributed by atoms with Gasteiger partial charge in [-0.25, -0.2) is 0 Å². The summed E-state index contributed by atoms with van der Waals surface area (Å²) < 4.78 is 10.9. The summed E-state index contributed by atoms with van der Waals surface area (Å²) in [6, 6.07) is -0.379. The first-order chi connectivity index (χ1) is 13.0. The molecule has 1 saturated carbocycles. The molecule has 0 aliphatic heterocycles. The Balaban J connectivity index is 1.80. The van der Waals surface area contributed by atoms with Crippen LogP contribution in [0.1, 0.15) is 39.0 Å². The Labute approximate surface area is 164 Å². The number of aromatic nitrogens is 2. The molecule has 1 aliphatic rings. The lowest BCUT2D eigenvalue weighted by atomic mass is 9.92. The molecule has 8 nitrogen and oxygen atoms in total. The second-order valence-corrected chi connectivity index (χ2v) is 7.52. The zero-order valence-corrected chi connectivity index (χ0v) is 16.9. The number of hydrogen-bond acceptors (Lipinski definition) is 7. The van der Waals surface area contributed by atoms with Gasteiger partial charge in [0.15, 0.2) is 0 Å². The van der Waals surface area contributed by atoms with Crippen LogP contribution >= 0.6 is 11.8 Å². The largest absolute Gasteiger partial charge is 0.480 e. The maximum absolute atomic E-state index is 12.5. The maximum Gasteiger partial charge on any atom is 0.242 e. The number of carbonyl (C=O) groups excluding carboxylic acids is 2. The minimum Gasteiger partial charge on any atom is -0.480 e. The van der Waals surface area contributed by atoms with Gasteiger partial charge in [-0.3, -0.25) is 14.6 Å². The summed E-state index contributed by atoms with van der Waals surface area (Å²) in [4.78, 5) is 32.1. The highest BCUT2D eigenvalue weighted by atomic mass is 32.2. The molecule has 1 aromatic rings. The number of methoxy groups -OCH3 is 1. The van der Waals surface area contributed by atoms with E-state index in [0.717, 1.165) is 31.4 Å². The summed E-state index contributed by atoms with van der Waals surface area (Å²) in [5, 5.41) is 5.81. The summed E-state index contributed by atoms with van der Waals surface area (Å²) in [6.07, 6.45) is 9.03. The number of nitrogens with zero attached hydrogens (tertiary/aromatic N) is 2. The summed E-state index contributed by atoms with van der Waals surface area (Å²) in [6.45, 7) is 1.43. The summed E-state index contributed by atoms with van der Waals surface area (Å²) in [5.74, 6) is 1.39. The number of thioether (sulfide) groups is 1. The van der Waals surface area contributed by atoms with E-state index in [1.54, 1.807) is 18.0 Å². The van der Waals surface area contributed by atoms with Crippen molar-refractivity contribution in [2.75, 3.05) is 19.1 Å². The average Bonchev–Trinajstić information content (AvgIpc) is 2.66. The molecule has 1 fully saturated rings. The van der Waals surface area contributed by atoms with E-state index in [0.29, 0.717) is 18.2 Å². The zero-order valence-electron chi connectivity index (χ0n) is 16.1. The highest BCUT2D eigenvalue weighted by molar-refractivity contribution is 7.98. The van der Waals surface area contributed by atoms with Crippen molar-refractivity contribution in [1.82, 2.24) is 20.6 Å². The number of nitrogens with one attached hydrogen (secondary N) is 2. The van der Waals surface area contributed by atoms with Gasteiger partial charge < -0.3 is 20.1 Å². The molecule has 9 heteroatoms. The molecule has 2 rings (SSSR count). The third-order valence-corrected chi connectivity index (χ3v) is 5.06. The second-order valence-electron chi connectivity index (χ2n) is 6.53. The smallest absolute Gasteiger partial charge is 0.242 e. The third-order valence-electron chi connectivity index (χ3n) is 4.41. The van der Waals surface area contributed by atoms with Crippen LogP contribution in [0.25, 0.3) is 0 Å². The van der Waals surface area contributed by atoms with Gasteiger partial charge in [0.05, 0.1) is 19.5 Å². The lowest BCUT2D eigenvalue weighted by Crippen LogP contribution is -2.50. The maximum atomic E-state index is 12.5. The van der Waals surface area contributed by atoms with Crippen molar-refractivity contribution >= 4 is 23.6 Å². The van der Waals surface area contributed by atoms with Crippen molar-refractivity contribution in [2.45, 2.75) is 57.2 Å². The predicted octanol–water partition coefficient (Wildman–Crippen LogP) is 1.55. The second kappa shape index (κ2) is 11.0. The number of amides is 2. The van der Waals surface area contributed by atoms with Crippen molar-refractivity contribution in [3.63, 3.8) is 0 Å². The molecule has 0 spiro atoms. The standard InChI is InChI=1S/C18H28N4O4S/c1-12(23)20-15(8-9-27-3)18(24)21-13-4-6-14(7-5-13)26-17-11-19-10-16(22-17)25-2/h10-11,13-15H,4-9H2,1-3H3,(H,20,23)(H,21,24). The number of rotatable bonds is 9. The molecular formula is C18H28N4O4S. The Morgan fingerprint density at radius 2 is 1.96 bits per heavy atom. The van der Waals surface area contributed by atoms with Gasteiger partial charge in [-0.05, 0) is 44.1 Å². The molecule has 1 unspecified atom stereocenters. The van der Waals surface area contributed by atoms with Crippen LogP contribution in [0.3, 0.4) is 0 Å². The van der Waals surface area contributed by atoms with Crippen molar-refractivity contribution in [3.8, 4) is 11.8 Å². The molecule has 1 aromatic heterocycles. The summed E-state index contributed by atoms with van der Waals surface area (Å²) >= 11 is 1.66.